The van der Waals surface area contributed by atoms with Crippen molar-refractivity contribution in [1.29, 1.82) is 0 Å². The molecular weight excluding hydrogens is 291 g/mol. The van der Waals surface area contributed by atoms with Gasteiger partial charge in [0.2, 0.25) is 0 Å². The molecule has 3 nitrogen and oxygen atoms in total. The molecule has 1 aromatic heterocycles. The zero-order valence-corrected chi connectivity index (χ0v) is 8.76. The molecule has 0 aromatic carbocycles. The van der Waals surface area contributed by atoms with Gasteiger partial charge < -0.3 is 11.5 Å². The number of aromatic nitrogens is 1. The lowest BCUT2D eigenvalue weighted by atomic mass is 10.2. The van der Waals surface area contributed by atoms with E-state index in [0.717, 1.165) is 0 Å². The molecule has 0 fully saturated rings. The highest BCUT2D eigenvalue weighted by molar-refractivity contribution is 14.1. The lowest BCUT2D eigenvalue weighted by molar-refractivity contribution is 0.148. The molecule has 1 heterocycles. The summed E-state index contributed by atoms with van der Waals surface area (Å²) in [5, 5.41) is 0. The number of hydrogen-bond donors (Lipinski definition) is 2. The van der Waals surface area contributed by atoms with Crippen molar-refractivity contribution in [2.45, 2.75) is 13.0 Å². The molecular formula is C7H8F2IN3. The standard InChI is InChI=1S/C7H8F2IN3/c8-7(9)6-3(10)1-5(12)13-4(6)2-11/h1,7H,2,11H2,(H2,12,13). The van der Waals surface area contributed by atoms with Crippen LogP contribution in [0.3, 0.4) is 0 Å². The van der Waals surface area contributed by atoms with Crippen LogP contribution >= 0.6 is 22.6 Å². The lowest BCUT2D eigenvalue weighted by Gasteiger charge is -2.09. The van der Waals surface area contributed by atoms with Crippen LogP contribution in [-0.2, 0) is 6.54 Å². The number of pyridine rings is 1. The summed E-state index contributed by atoms with van der Waals surface area (Å²) >= 11 is 1.79. The molecule has 1 aromatic rings. The van der Waals surface area contributed by atoms with Gasteiger partial charge in [-0.3, -0.25) is 0 Å². The summed E-state index contributed by atoms with van der Waals surface area (Å²) in [5.74, 6) is 0.217. The SMILES string of the molecule is NCc1nc(N)cc(I)c1C(F)F. The second-order valence-corrected chi connectivity index (χ2v) is 3.56. The summed E-state index contributed by atoms with van der Waals surface area (Å²) in [6.07, 6.45) is -2.56. The molecule has 0 aliphatic heterocycles. The molecule has 0 saturated carbocycles. The van der Waals surface area contributed by atoms with E-state index >= 15 is 0 Å². The predicted molar refractivity (Wildman–Crippen MR) is 54.2 cm³/mol. The molecule has 6 heteroatoms. The second kappa shape index (κ2) is 4.14. The molecule has 1 rings (SSSR count). The molecule has 4 N–H and O–H groups in total. The van der Waals surface area contributed by atoms with Crippen LogP contribution in [0.25, 0.3) is 0 Å². The number of anilines is 1. The van der Waals surface area contributed by atoms with Gasteiger partial charge in [-0.2, -0.15) is 0 Å². The van der Waals surface area contributed by atoms with E-state index in [2.05, 4.69) is 4.98 Å². The first-order valence-electron chi connectivity index (χ1n) is 3.49. The molecule has 0 saturated heterocycles. The fraction of sp³-hybridized carbons (Fsp3) is 0.286. The number of hydrogen-bond acceptors (Lipinski definition) is 3. The molecule has 0 bridgehead atoms. The molecule has 0 unspecified atom stereocenters. The van der Waals surface area contributed by atoms with Gasteiger partial charge in [0.25, 0.3) is 6.43 Å². The topological polar surface area (TPSA) is 64.9 Å². The van der Waals surface area contributed by atoms with Gasteiger partial charge in [0, 0.05) is 10.1 Å². The van der Waals surface area contributed by atoms with E-state index in [1.54, 1.807) is 22.6 Å². The minimum atomic E-state index is -2.56. The Morgan fingerprint density at radius 2 is 2.15 bits per heavy atom. The Balaban J connectivity index is 3.30. The maximum atomic E-state index is 12.5. The third-order valence-electron chi connectivity index (χ3n) is 1.52. The predicted octanol–water partition coefficient (Wildman–Crippen LogP) is 1.66. The van der Waals surface area contributed by atoms with Crippen LogP contribution in [0.5, 0.6) is 0 Å². The highest BCUT2D eigenvalue weighted by Crippen LogP contribution is 2.27. The fourth-order valence-electron chi connectivity index (χ4n) is 0.980. The molecule has 13 heavy (non-hydrogen) atoms. The van der Waals surface area contributed by atoms with Crippen LogP contribution in [0.15, 0.2) is 6.07 Å². The Hall–Kier alpha value is -0.500. The first-order valence-corrected chi connectivity index (χ1v) is 4.57. The number of nitrogen functional groups attached to an aromatic ring is 1. The van der Waals surface area contributed by atoms with E-state index in [9.17, 15) is 8.78 Å². The van der Waals surface area contributed by atoms with Gasteiger partial charge in [0.1, 0.15) is 5.82 Å². The van der Waals surface area contributed by atoms with Crippen LogP contribution in [0, 0.1) is 3.57 Å². The van der Waals surface area contributed by atoms with Crippen LogP contribution in [-0.4, -0.2) is 4.98 Å². The lowest BCUT2D eigenvalue weighted by Crippen LogP contribution is -2.09. The minimum Gasteiger partial charge on any atom is -0.384 e. The molecule has 0 aliphatic rings. The summed E-state index contributed by atoms with van der Waals surface area (Å²) < 4.78 is 25.3. The monoisotopic (exact) mass is 299 g/mol. The Kier molecular flexibility index (Phi) is 3.37. The third kappa shape index (κ3) is 2.25. The average molecular weight is 299 g/mol. The quantitative estimate of drug-likeness (QED) is 0.816. The molecule has 0 spiro atoms. The molecule has 0 aliphatic carbocycles. The third-order valence-corrected chi connectivity index (χ3v) is 2.41. The maximum absolute atomic E-state index is 12.5. The highest BCUT2D eigenvalue weighted by Gasteiger charge is 2.17. The zero-order valence-electron chi connectivity index (χ0n) is 6.60. The van der Waals surface area contributed by atoms with Gasteiger partial charge in [-0.1, -0.05) is 0 Å². The van der Waals surface area contributed by atoms with Gasteiger partial charge in [-0.05, 0) is 28.7 Å². The summed E-state index contributed by atoms with van der Waals surface area (Å²) in [4.78, 5) is 3.74. The number of rotatable bonds is 2. The van der Waals surface area contributed by atoms with Gasteiger partial charge in [-0.25, -0.2) is 13.8 Å². The molecule has 0 radical (unpaired) electrons. The van der Waals surface area contributed by atoms with Crippen molar-refractivity contribution in [3.05, 3.63) is 20.9 Å². The Bertz CT molecular complexity index is 317. The van der Waals surface area contributed by atoms with E-state index in [-0.39, 0.29) is 23.6 Å². The van der Waals surface area contributed by atoms with Crippen molar-refractivity contribution in [2.24, 2.45) is 5.73 Å². The smallest absolute Gasteiger partial charge is 0.266 e. The largest absolute Gasteiger partial charge is 0.384 e. The van der Waals surface area contributed by atoms with Crippen LogP contribution in [0.2, 0.25) is 0 Å². The van der Waals surface area contributed by atoms with Gasteiger partial charge in [-0.15, -0.1) is 0 Å². The van der Waals surface area contributed by atoms with Crippen LogP contribution < -0.4 is 11.5 Å². The van der Waals surface area contributed by atoms with Crippen molar-refractivity contribution in [3.63, 3.8) is 0 Å². The maximum Gasteiger partial charge on any atom is 0.266 e. The zero-order chi connectivity index (χ0) is 10.0. The van der Waals surface area contributed by atoms with E-state index in [4.69, 9.17) is 11.5 Å². The van der Waals surface area contributed by atoms with Crippen LogP contribution in [0.1, 0.15) is 17.7 Å². The van der Waals surface area contributed by atoms with E-state index in [1.807, 2.05) is 0 Å². The number of alkyl halides is 2. The molecule has 0 atom stereocenters. The molecule has 0 amide bonds. The summed E-state index contributed by atoms with van der Waals surface area (Å²) in [7, 11) is 0. The first kappa shape index (κ1) is 10.6. The average Bonchev–Trinajstić information content (AvgIpc) is 2.01. The summed E-state index contributed by atoms with van der Waals surface area (Å²) in [6, 6.07) is 1.40. The second-order valence-electron chi connectivity index (χ2n) is 2.39. The fourth-order valence-corrected chi connectivity index (χ4v) is 1.85. The van der Waals surface area contributed by atoms with Crippen LogP contribution in [0.4, 0.5) is 14.6 Å². The van der Waals surface area contributed by atoms with E-state index < -0.39 is 6.43 Å². The number of nitrogens with two attached hydrogens (primary N) is 2. The normalized spacial score (nSPS) is 10.8. The van der Waals surface area contributed by atoms with Crippen molar-refractivity contribution < 1.29 is 8.78 Å². The number of halogens is 3. The van der Waals surface area contributed by atoms with Gasteiger partial charge >= 0.3 is 0 Å². The van der Waals surface area contributed by atoms with Gasteiger partial charge in [0.15, 0.2) is 0 Å². The highest BCUT2D eigenvalue weighted by atomic mass is 127. The summed E-state index contributed by atoms with van der Waals surface area (Å²) in [5.41, 5.74) is 10.7. The Labute approximate surface area is 87.7 Å². The number of nitrogens with zero attached hydrogens (tertiary/aromatic N) is 1. The van der Waals surface area contributed by atoms with E-state index in [0.29, 0.717) is 3.57 Å². The Morgan fingerprint density at radius 3 is 2.62 bits per heavy atom. The first-order chi connectivity index (χ1) is 6.06. The summed E-state index contributed by atoms with van der Waals surface area (Å²) in [6.45, 7) is -0.0271. The van der Waals surface area contributed by atoms with Crippen molar-refractivity contribution in [1.82, 2.24) is 4.98 Å². The Morgan fingerprint density at radius 1 is 1.54 bits per heavy atom. The van der Waals surface area contributed by atoms with Crippen molar-refractivity contribution >= 4 is 28.4 Å². The minimum absolute atomic E-state index is 0.0271. The van der Waals surface area contributed by atoms with Gasteiger partial charge in [0.05, 0.1) is 11.3 Å². The molecule has 72 valence electrons. The van der Waals surface area contributed by atoms with E-state index in [1.165, 1.54) is 6.07 Å². The van der Waals surface area contributed by atoms with Crippen molar-refractivity contribution in [2.75, 3.05) is 5.73 Å². The van der Waals surface area contributed by atoms with Crippen molar-refractivity contribution in [3.8, 4) is 0 Å².